The van der Waals surface area contributed by atoms with Gasteiger partial charge in [-0.3, -0.25) is 0 Å². The zero-order valence-corrected chi connectivity index (χ0v) is 5.90. The van der Waals surface area contributed by atoms with Gasteiger partial charge in [0.25, 0.3) is 0 Å². The molecule has 1 rings (SSSR count). The molecule has 0 radical (unpaired) electrons. The predicted molar refractivity (Wildman–Crippen MR) is 37.3 cm³/mol. The second-order valence-electron chi connectivity index (χ2n) is 1.87. The Balaban J connectivity index is 3.14. The summed E-state index contributed by atoms with van der Waals surface area (Å²) in [6.07, 6.45) is 0. The molecule has 0 saturated carbocycles. The highest BCUT2D eigenvalue weighted by molar-refractivity contribution is 6.30. The Morgan fingerprint density at radius 2 is 2.20 bits per heavy atom. The van der Waals surface area contributed by atoms with Crippen molar-refractivity contribution in [3.63, 3.8) is 0 Å². The zero-order chi connectivity index (χ0) is 7.56. The van der Waals surface area contributed by atoms with E-state index in [9.17, 15) is 4.39 Å². The summed E-state index contributed by atoms with van der Waals surface area (Å²) in [5.41, 5.74) is 0.229. The third-order valence-corrected chi connectivity index (χ3v) is 1.49. The van der Waals surface area contributed by atoms with Crippen molar-refractivity contribution in [2.75, 3.05) is 0 Å². The van der Waals surface area contributed by atoms with Gasteiger partial charge in [-0.2, -0.15) is 0 Å². The van der Waals surface area contributed by atoms with Gasteiger partial charge in [0.2, 0.25) is 0 Å². The lowest BCUT2D eigenvalue weighted by atomic mass is 10.2. The second-order valence-corrected chi connectivity index (χ2v) is 2.28. The van der Waals surface area contributed by atoms with E-state index in [1.165, 1.54) is 12.1 Å². The average molecular weight is 161 g/mol. The first-order valence-electron chi connectivity index (χ1n) is 2.79. The molecule has 0 heterocycles. The van der Waals surface area contributed by atoms with Gasteiger partial charge in [-0.25, -0.2) is 4.39 Å². The summed E-state index contributed by atoms with van der Waals surface area (Å²) in [6, 6.07) is 4.52. The molecule has 0 spiro atoms. The zero-order valence-electron chi connectivity index (χ0n) is 5.14. The van der Waals surface area contributed by atoms with E-state index in [0.29, 0.717) is 0 Å². The molecule has 0 amide bonds. The molecule has 0 atom stereocenters. The van der Waals surface area contributed by atoms with Crippen LogP contribution in [0, 0.1) is 5.82 Å². The molecule has 1 nitrogen and oxygen atoms in total. The molecule has 1 aromatic carbocycles. The van der Waals surface area contributed by atoms with Gasteiger partial charge in [0.15, 0.2) is 0 Å². The lowest BCUT2D eigenvalue weighted by molar-refractivity contribution is 0.276. The molecule has 0 aliphatic heterocycles. The number of rotatable bonds is 1. The van der Waals surface area contributed by atoms with Crippen LogP contribution < -0.4 is 0 Å². The van der Waals surface area contributed by atoms with Crippen LogP contribution in [0.5, 0.6) is 0 Å². The van der Waals surface area contributed by atoms with Gasteiger partial charge in [-0.05, 0) is 6.07 Å². The summed E-state index contributed by atoms with van der Waals surface area (Å²) in [7, 11) is 0. The van der Waals surface area contributed by atoms with E-state index in [-0.39, 0.29) is 17.2 Å². The molecule has 0 bridgehead atoms. The lowest BCUT2D eigenvalue weighted by Gasteiger charge is -1.98. The number of aliphatic hydroxyl groups is 1. The van der Waals surface area contributed by atoms with Crippen molar-refractivity contribution < 1.29 is 9.50 Å². The maximum Gasteiger partial charge on any atom is 0.147 e. The van der Waals surface area contributed by atoms with E-state index in [4.69, 9.17) is 16.7 Å². The van der Waals surface area contributed by atoms with Gasteiger partial charge >= 0.3 is 0 Å². The highest BCUT2D eigenvalue weighted by atomic mass is 35.5. The minimum absolute atomic E-state index is 0.0477. The van der Waals surface area contributed by atoms with Gasteiger partial charge in [-0.15, -0.1) is 0 Å². The Morgan fingerprint density at radius 3 is 2.70 bits per heavy atom. The molecule has 0 saturated heterocycles. The minimum atomic E-state index is -0.535. The largest absolute Gasteiger partial charge is 0.392 e. The summed E-state index contributed by atoms with van der Waals surface area (Å²) in [5.74, 6) is -0.535. The van der Waals surface area contributed by atoms with Gasteiger partial charge in [0.1, 0.15) is 5.82 Å². The van der Waals surface area contributed by atoms with Crippen molar-refractivity contribution >= 4 is 11.6 Å². The van der Waals surface area contributed by atoms with Gasteiger partial charge in [0.05, 0.1) is 11.6 Å². The van der Waals surface area contributed by atoms with Crippen molar-refractivity contribution in [2.24, 2.45) is 0 Å². The number of hydrogen-bond donors (Lipinski definition) is 1. The van der Waals surface area contributed by atoms with Gasteiger partial charge < -0.3 is 5.11 Å². The van der Waals surface area contributed by atoms with Crippen molar-refractivity contribution in [3.05, 3.63) is 34.6 Å². The minimum Gasteiger partial charge on any atom is -0.392 e. The van der Waals surface area contributed by atoms with E-state index in [2.05, 4.69) is 0 Å². The van der Waals surface area contributed by atoms with Crippen LogP contribution in [0.4, 0.5) is 4.39 Å². The first-order chi connectivity index (χ1) is 4.75. The van der Waals surface area contributed by atoms with Gasteiger partial charge in [-0.1, -0.05) is 23.7 Å². The molecule has 1 aromatic rings. The van der Waals surface area contributed by atoms with Crippen LogP contribution in [-0.2, 0) is 6.61 Å². The Morgan fingerprint density at radius 1 is 1.50 bits per heavy atom. The Labute approximate surface area is 63.1 Å². The van der Waals surface area contributed by atoms with Crippen molar-refractivity contribution in [2.45, 2.75) is 6.61 Å². The average Bonchev–Trinajstić information content (AvgIpc) is 1.95. The maximum absolute atomic E-state index is 12.7. The van der Waals surface area contributed by atoms with Crippen molar-refractivity contribution in [1.82, 2.24) is 0 Å². The second kappa shape index (κ2) is 2.99. The molecule has 54 valence electrons. The molecule has 0 unspecified atom stereocenters. The summed E-state index contributed by atoms with van der Waals surface area (Å²) in [5, 5.41) is 8.59. The van der Waals surface area contributed by atoms with Crippen molar-refractivity contribution in [3.8, 4) is 0 Å². The van der Waals surface area contributed by atoms with Crippen molar-refractivity contribution in [1.29, 1.82) is 0 Å². The van der Waals surface area contributed by atoms with Crippen LogP contribution in [0.2, 0.25) is 5.02 Å². The maximum atomic E-state index is 12.7. The van der Waals surface area contributed by atoms with Gasteiger partial charge in [0, 0.05) is 5.56 Å². The summed E-state index contributed by atoms with van der Waals surface area (Å²) in [6.45, 7) is -0.313. The number of benzene rings is 1. The van der Waals surface area contributed by atoms with Crippen LogP contribution in [0.1, 0.15) is 5.56 Å². The molecule has 0 aliphatic carbocycles. The predicted octanol–water partition coefficient (Wildman–Crippen LogP) is 1.97. The fourth-order valence-corrected chi connectivity index (χ4v) is 0.865. The Kier molecular flexibility index (Phi) is 2.25. The molecule has 0 aliphatic rings. The van der Waals surface area contributed by atoms with E-state index in [1.54, 1.807) is 6.07 Å². The van der Waals surface area contributed by atoms with E-state index < -0.39 is 5.82 Å². The molecule has 3 heteroatoms. The highest BCUT2D eigenvalue weighted by Gasteiger charge is 2.02. The normalized spacial score (nSPS) is 9.90. The topological polar surface area (TPSA) is 20.2 Å². The van der Waals surface area contributed by atoms with Crippen LogP contribution in [0.15, 0.2) is 18.2 Å². The Hall–Kier alpha value is -0.600. The van der Waals surface area contributed by atoms with E-state index in [0.717, 1.165) is 0 Å². The molecule has 1 N–H and O–H groups in total. The quantitative estimate of drug-likeness (QED) is 0.666. The molecule has 10 heavy (non-hydrogen) atoms. The number of aliphatic hydroxyl groups excluding tert-OH is 1. The first kappa shape index (κ1) is 7.51. The van der Waals surface area contributed by atoms with Crippen LogP contribution >= 0.6 is 11.6 Å². The fraction of sp³-hybridized carbons (Fsp3) is 0.143. The third kappa shape index (κ3) is 1.28. The summed E-state index contributed by atoms with van der Waals surface area (Å²) in [4.78, 5) is 0. The summed E-state index contributed by atoms with van der Waals surface area (Å²) < 4.78 is 12.7. The summed E-state index contributed by atoms with van der Waals surface area (Å²) >= 11 is 5.41. The molecular formula is C7H6ClFO. The molecule has 0 fully saturated rings. The van der Waals surface area contributed by atoms with Crippen LogP contribution in [0.25, 0.3) is 0 Å². The highest BCUT2D eigenvalue weighted by Crippen LogP contribution is 2.17. The van der Waals surface area contributed by atoms with E-state index >= 15 is 0 Å². The first-order valence-corrected chi connectivity index (χ1v) is 3.17. The molecule has 0 aromatic heterocycles. The molecular weight excluding hydrogens is 155 g/mol. The van der Waals surface area contributed by atoms with Crippen LogP contribution in [0.3, 0.4) is 0 Å². The number of hydrogen-bond acceptors (Lipinski definition) is 1. The lowest BCUT2D eigenvalue weighted by Crippen LogP contribution is -1.88. The monoisotopic (exact) mass is 160 g/mol. The fourth-order valence-electron chi connectivity index (χ4n) is 0.671. The smallest absolute Gasteiger partial charge is 0.147 e. The number of halogens is 2. The van der Waals surface area contributed by atoms with E-state index in [1.807, 2.05) is 0 Å². The van der Waals surface area contributed by atoms with Crippen LogP contribution in [-0.4, -0.2) is 5.11 Å². The standard InChI is InChI=1S/C7H6ClFO/c8-6-3-1-2-5(4-10)7(6)9/h1-3,10H,4H2. The Bertz CT molecular complexity index is 237. The third-order valence-electron chi connectivity index (χ3n) is 1.20. The SMILES string of the molecule is OCc1cccc(Cl)c1F.